The number of carbonyl (C=O) groups is 1. The molecule has 0 N–H and O–H groups in total. The van der Waals surface area contributed by atoms with Gasteiger partial charge in [-0.25, -0.2) is 8.42 Å². The van der Waals surface area contributed by atoms with Crippen LogP contribution >= 0.6 is 22.6 Å². The molecule has 0 aliphatic carbocycles. The molecule has 1 aromatic carbocycles. The predicted octanol–water partition coefficient (Wildman–Crippen LogP) is 2.79. The number of sulfone groups is 1. The summed E-state index contributed by atoms with van der Waals surface area (Å²) in [6, 6.07) is 5.99. The highest BCUT2D eigenvalue weighted by atomic mass is 127. The van der Waals surface area contributed by atoms with Gasteiger partial charge in [0, 0.05) is 28.0 Å². The number of aryl methyl sites for hydroxylation is 1. The highest BCUT2D eigenvalue weighted by molar-refractivity contribution is 14.1. The van der Waals surface area contributed by atoms with E-state index in [1.165, 1.54) is 0 Å². The molecule has 0 fully saturated rings. The summed E-state index contributed by atoms with van der Waals surface area (Å²) in [6.45, 7) is 2.11. The number of hydrogen-bond acceptors (Lipinski definition) is 3. The number of fused-ring (bicyclic) bond motifs is 1. The number of nitrogens with zero attached hydrogens (tertiary/aromatic N) is 1. The average molecular weight is 421 g/mol. The molecule has 6 heteroatoms. The molecule has 4 nitrogen and oxygen atoms in total. The van der Waals surface area contributed by atoms with E-state index in [2.05, 4.69) is 28.7 Å². The number of carbonyl (C=O) groups excluding carboxylic acids is 1. The second kappa shape index (κ2) is 7.09. The quantitative estimate of drug-likeness (QED) is 0.688. The van der Waals surface area contributed by atoms with Gasteiger partial charge in [0.25, 0.3) is 0 Å². The Hall–Kier alpha value is -0.630. The van der Waals surface area contributed by atoms with Gasteiger partial charge in [0.05, 0.1) is 5.75 Å². The summed E-state index contributed by atoms with van der Waals surface area (Å²) in [5.74, 6) is 0.258. The molecule has 0 radical (unpaired) electrons. The molecule has 1 heterocycles. The van der Waals surface area contributed by atoms with Crippen LogP contribution in [0.15, 0.2) is 18.2 Å². The maximum atomic E-state index is 12.3. The van der Waals surface area contributed by atoms with E-state index in [9.17, 15) is 13.2 Å². The first kappa shape index (κ1) is 16.7. The Morgan fingerprint density at radius 3 is 2.71 bits per heavy atom. The number of amides is 1. The zero-order valence-corrected chi connectivity index (χ0v) is 15.1. The first-order valence-electron chi connectivity index (χ1n) is 7.22. The minimum Gasteiger partial charge on any atom is -0.311 e. The van der Waals surface area contributed by atoms with E-state index in [1.54, 1.807) is 4.90 Å². The molecule has 0 aromatic heterocycles. The van der Waals surface area contributed by atoms with E-state index in [1.807, 2.05) is 19.1 Å². The van der Waals surface area contributed by atoms with Crippen LogP contribution in [0.4, 0.5) is 5.69 Å². The van der Waals surface area contributed by atoms with Crippen LogP contribution in [0.3, 0.4) is 0 Å². The molecule has 116 valence electrons. The number of benzene rings is 1. The van der Waals surface area contributed by atoms with E-state index < -0.39 is 9.84 Å². The maximum Gasteiger partial charge on any atom is 0.227 e. The van der Waals surface area contributed by atoms with E-state index in [0.29, 0.717) is 12.8 Å². The van der Waals surface area contributed by atoms with E-state index in [0.717, 1.165) is 27.7 Å². The van der Waals surface area contributed by atoms with Gasteiger partial charge in [-0.2, -0.15) is 0 Å². The zero-order valence-electron chi connectivity index (χ0n) is 12.1. The SMILES string of the molecule is CCCS(=O)(=O)CCN1C(=O)CCCc2cc(I)ccc21. The minimum atomic E-state index is -3.07. The fourth-order valence-corrected chi connectivity index (χ4v) is 4.45. The Labute approximate surface area is 140 Å². The Kier molecular flexibility index (Phi) is 5.65. The summed E-state index contributed by atoms with van der Waals surface area (Å²) in [6.07, 6.45) is 2.80. The number of rotatable bonds is 5. The summed E-state index contributed by atoms with van der Waals surface area (Å²) in [7, 11) is -3.07. The van der Waals surface area contributed by atoms with Crippen LogP contribution in [-0.2, 0) is 21.1 Å². The molecule has 1 aromatic rings. The van der Waals surface area contributed by atoms with Crippen molar-refractivity contribution in [3.63, 3.8) is 0 Å². The third-order valence-corrected chi connectivity index (χ3v) is 6.12. The summed E-state index contributed by atoms with van der Waals surface area (Å²) in [5, 5.41) is 0. The first-order chi connectivity index (χ1) is 9.93. The lowest BCUT2D eigenvalue weighted by molar-refractivity contribution is -0.118. The van der Waals surface area contributed by atoms with Crippen LogP contribution in [0.1, 0.15) is 31.7 Å². The third kappa shape index (κ3) is 4.42. The first-order valence-corrected chi connectivity index (χ1v) is 10.1. The Morgan fingerprint density at radius 2 is 2.00 bits per heavy atom. The lowest BCUT2D eigenvalue weighted by atomic mass is 10.1. The van der Waals surface area contributed by atoms with Crippen molar-refractivity contribution in [3.8, 4) is 0 Å². The van der Waals surface area contributed by atoms with Gasteiger partial charge >= 0.3 is 0 Å². The Balaban J connectivity index is 2.23. The molecular formula is C15H20INO3S. The largest absolute Gasteiger partial charge is 0.311 e. The van der Waals surface area contributed by atoms with Crippen molar-refractivity contribution >= 4 is 44.0 Å². The highest BCUT2D eigenvalue weighted by Gasteiger charge is 2.23. The molecule has 0 unspecified atom stereocenters. The van der Waals surface area contributed by atoms with Crippen LogP contribution in [-0.4, -0.2) is 32.4 Å². The zero-order chi connectivity index (χ0) is 15.5. The Morgan fingerprint density at radius 1 is 1.24 bits per heavy atom. The molecule has 0 spiro atoms. The second-order valence-electron chi connectivity index (χ2n) is 5.32. The van der Waals surface area contributed by atoms with Crippen molar-refractivity contribution in [2.75, 3.05) is 23.0 Å². The minimum absolute atomic E-state index is 0.0293. The van der Waals surface area contributed by atoms with Crippen molar-refractivity contribution in [2.45, 2.75) is 32.6 Å². The number of anilines is 1. The summed E-state index contributed by atoms with van der Waals surface area (Å²) in [4.78, 5) is 13.9. The van der Waals surface area contributed by atoms with Gasteiger partial charge in [-0.05, 0) is 65.6 Å². The van der Waals surface area contributed by atoms with Crippen LogP contribution in [0, 0.1) is 3.57 Å². The number of halogens is 1. The smallest absolute Gasteiger partial charge is 0.227 e. The van der Waals surface area contributed by atoms with E-state index in [4.69, 9.17) is 0 Å². The van der Waals surface area contributed by atoms with Crippen molar-refractivity contribution in [3.05, 3.63) is 27.3 Å². The van der Waals surface area contributed by atoms with Gasteiger partial charge in [0.15, 0.2) is 9.84 Å². The van der Waals surface area contributed by atoms with Crippen LogP contribution < -0.4 is 4.90 Å². The average Bonchev–Trinajstić information content (AvgIpc) is 2.55. The van der Waals surface area contributed by atoms with Crippen molar-refractivity contribution in [1.29, 1.82) is 0 Å². The fourth-order valence-electron chi connectivity index (χ4n) is 2.61. The molecule has 1 aliphatic rings. The topological polar surface area (TPSA) is 54.5 Å². The van der Waals surface area contributed by atoms with Crippen molar-refractivity contribution in [1.82, 2.24) is 0 Å². The van der Waals surface area contributed by atoms with E-state index >= 15 is 0 Å². The third-order valence-electron chi connectivity index (χ3n) is 3.61. The highest BCUT2D eigenvalue weighted by Crippen LogP contribution is 2.28. The van der Waals surface area contributed by atoms with Crippen LogP contribution in [0.25, 0.3) is 0 Å². The monoisotopic (exact) mass is 421 g/mol. The molecule has 2 rings (SSSR count). The van der Waals surface area contributed by atoms with Gasteiger partial charge in [-0.15, -0.1) is 0 Å². The number of hydrogen-bond donors (Lipinski definition) is 0. The lowest BCUT2D eigenvalue weighted by Crippen LogP contribution is -2.35. The van der Waals surface area contributed by atoms with Crippen LogP contribution in [0.2, 0.25) is 0 Å². The van der Waals surface area contributed by atoms with Gasteiger partial charge in [0.2, 0.25) is 5.91 Å². The summed E-state index contributed by atoms with van der Waals surface area (Å²) >= 11 is 2.26. The standard InChI is InChI=1S/C15H20INO3S/c1-2-9-21(19,20)10-8-17-14-7-6-13(16)11-12(14)4-3-5-15(17)18/h6-7,11H,2-5,8-10H2,1H3. The maximum absolute atomic E-state index is 12.3. The van der Waals surface area contributed by atoms with Gasteiger partial charge in [-0.3, -0.25) is 4.79 Å². The van der Waals surface area contributed by atoms with Gasteiger partial charge in [-0.1, -0.05) is 6.92 Å². The predicted molar refractivity (Wildman–Crippen MR) is 93.4 cm³/mol. The normalized spacial score (nSPS) is 15.7. The second-order valence-corrected chi connectivity index (χ2v) is 8.87. The molecular weight excluding hydrogens is 401 g/mol. The molecule has 21 heavy (non-hydrogen) atoms. The van der Waals surface area contributed by atoms with Gasteiger partial charge < -0.3 is 4.90 Å². The molecule has 0 saturated carbocycles. The molecule has 1 aliphatic heterocycles. The fraction of sp³-hybridized carbons (Fsp3) is 0.533. The van der Waals surface area contributed by atoms with E-state index in [-0.39, 0.29) is 24.0 Å². The summed E-state index contributed by atoms with van der Waals surface area (Å²) in [5.41, 5.74) is 2.02. The van der Waals surface area contributed by atoms with Crippen molar-refractivity contribution < 1.29 is 13.2 Å². The van der Waals surface area contributed by atoms with Crippen LogP contribution in [0.5, 0.6) is 0 Å². The Bertz CT molecular complexity index is 628. The molecule has 0 atom stereocenters. The van der Waals surface area contributed by atoms with Gasteiger partial charge in [0.1, 0.15) is 0 Å². The van der Waals surface area contributed by atoms with Crippen molar-refractivity contribution in [2.24, 2.45) is 0 Å². The molecule has 1 amide bonds. The molecule has 0 saturated heterocycles. The summed E-state index contributed by atoms with van der Waals surface area (Å²) < 4.78 is 24.9. The lowest BCUT2D eigenvalue weighted by Gasteiger charge is -2.23. The molecule has 0 bridgehead atoms.